The first-order valence-corrected chi connectivity index (χ1v) is 6.92. The Balaban J connectivity index is 1.92. The second kappa shape index (κ2) is 4.65. The van der Waals surface area contributed by atoms with Crippen molar-refractivity contribution in [2.45, 2.75) is 19.6 Å². The predicted molar refractivity (Wildman–Crippen MR) is 78.7 cm³/mol. The standard InChI is InChI=1S/C16H15N3O2/c1-9-11-4-10(2-3-15(11)19-18-9)12-5-17-6-13-14(12)7-21-8-16(13)20/h2-6,16,20H,7-8H2,1H3,(H,18,19). The van der Waals surface area contributed by atoms with Crippen LogP contribution in [0.5, 0.6) is 0 Å². The highest BCUT2D eigenvalue weighted by Crippen LogP contribution is 2.33. The molecule has 0 bridgehead atoms. The van der Waals surface area contributed by atoms with E-state index in [0.29, 0.717) is 13.2 Å². The summed E-state index contributed by atoms with van der Waals surface area (Å²) >= 11 is 0. The molecule has 3 aromatic rings. The fraction of sp³-hybridized carbons (Fsp3) is 0.250. The predicted octanol–water partition coefficient (Wildman–Crippen LogP) is 2.50. The fourth-order valence-electron chi connectivity index (χ4n) is 2.88. The SMILES string of the molecule is Cc1n[nH]c2ccc(-c3cncc4c3COCC4O)cc12. The highest BCUT2D eigenvalue weighted by molar-refractivity contribution is 5.87. The third kappa shape index (κ3) is 1.93. The minimum atomic E-state index is -0.597. The summed E-state index contributed by atoms with van der Waals surface area (Å²) in [5, 5.41) is 18.4. The Labute approximate surface area is 121 Å². The lowest BCUT2D eigenvalue weighted by molar-refractivity contribution is 0.00981. The summed E-state index contributed by atoms with van der Waals surface area (Å²) in [6.45, 7) is 2.82. The van der Waals surface area contributed by atoms with Gasteiger partial charge in [0.05, 0.1) is 24.4 Å². The van der Waals surface area contributed by atoms with Crippen molar-refractivity contribution in [3.8, 4) is 11.1 Å². The summed E-state index contributed by atoms with van der Waals surface area (Å²) in [4.78, 5) is 4.28. The minimum absolute atomic E-state index is 0.331. The molecule has 106 valence electrons. The number of aromatic nitrogens is 3. The van der Waals surface area contributed by atoms with Crippen LogP contribution < -0.4 is 0 Å². The summed E-state index contributed by atoms with van der Waals surface area (Å²) in [6.07, 6.45) is 2.96. The number of aliphatic hydroxyl groups is 1. The highest BCUT2D eigenvalue weighted by Gasteiger charge is 2.22. The van der Waals surface area contributed by atoms with Gasteiger partial charge in [-0.15, -0.1) is 0 Å². The van der Waals surface area contributed by atoms with Crippen LogP contribution in [0, 0.1) is 6.92 Å². The van der Waals surface area contributed by atoms with Gasteiger partial charge in [-0.2, -0.15) is 5.10 Å². The molecule has 0 fully saturated rings. The van der Waals surface area contributed by atoms with Gasteiger partial charge in [0.2, 0.25) is 0 Å². The van der Waals surface area contributed by atoms with E-state index in [2.05, 4.69) is 21.2 Å². The Morgan fingerprint density at radius 3 is 3.14 bits per heavy atom. The van der Waals surface area contributed by atoms with Crippen LogP contribution in [-0.2, 0) is 11.3 Å². The lowest BCUT2D eigenvalue weighted by atomic mass is 9.94. The largest absolute Gasteiger partial charge is 0.386 e. The normalized spacial score (nSPS) is 17.9. The van der Waals surface area contributed by atoms with Crippen molar-refractivity contribution < 1.29 is 9.84 Å². The van der Waals surface area contributed by atoms with Crippen LogP contribution in [0.1, 0.15) is 22.9 Å². The van der Waals surface area contributed by atoms with E-state index in [4.69, 9.17) is 4.74 Å². The number of aliphatic hydroxyl groups excluding tert-OH is 1. The van der Waals surface area contributed by atoms with Crippen LogP contribution in [0.3, 0.4) is 0 Å². The molecule has 1 aliphatic rings. The van der Waals surface area contributed by atoms with E-state index in [-0.39, 0.29) is 0 Å². The molecule has 1 unspecified atom stereocenters. The first kappa shape index (κ1) is 12.5. The third-order valence-electron chi connectivity index (χ3n) is 4.04. The van der Waals surface area contributed by atoms with Gasteiger partial charge in [-0.3, -0.25) is 10.1 Å². The van der Waals surface area contributed by atoms with Gasteiger partial charge in [0, 0.05) is 28.9 Å². The number of fused-ring (bicyclic) bond motifs is 2. The summed E-state index contributed by atoms with van der Waals surface area (Å²) in [7, 11) is 0. The molecular formula is C16H15N3O2. The average molecular weight is 281 g/mol. The lowest BCUT2D eigenvalue weighted by Crippen LogP contribution is -2.17. The van der Waals surface area contributed by atoms with Crippen molar-refractivity contribution in [1.82, 2.24) is 15.2 Å². The maximum atomic E-state index is 10.0. The van der Waals surface area contributed by atoms with Crippen LogP contribution >= 0.6 is 0 Å². The second-order valence-corrected chi connectivity index (χ2v) is 5.36. The maximum absolute atomic E-state index is 10.0. The van der Waals surface area contributed by atoms with Crippen LogP contribution in [0.15, 0.2) is 30.6 Å². The number of H-pyrrole nitrogens is 1. The number of hydrogen-bond donors (Lipinski definition) is 2. The molecule has 5 nitrogen and oxygen atoms in total. The quantitative estimate of drug-likeness (QED) is 0.719. The summed E-state index contributed by atoms with van der Waals surface area (Å²) in [5.41, 5.74) is 5.95. The van der Waals surface area contributed by atoms with Crippen LogP contribution in [-0.4, -0.2) is 26.9 Å². The molecule has 2 N–H and O–H groups in total. The topological polar surface area (TPSA) is 71.0 Å². The molecule has 0 aliphatic carbocycles. The second-order valence-electron chi connectivity index (χ2n) is 5.36. The van der Waals surface area contributed by atoms with Gasteiger partial charge in [-0.25, -0.2) is 0 Å². The van der Waals surface area contributed by atoms with E-state index >= 15 is 0 Å². The number of aryl methyl sites for hydroxylation is 1. The van der Waals surface area contributed by atoms with Gasteiger partial charge in [0.15, 0.2) is 0 Å². The molecule has 0 radical (unpaired) electrons. The Bertz CT molecular complexity index is 826. The van der Waals surface area contributed by atoms with Crippen molar-refractivity contribution >= 4 is 10.9 Å². The Hall–Kier alpha value is -2.24. The fourth-order valence-corrected chi connectivity index (χ4v) is 2.88. The Morgan fingerprint density at radius 1 is 1.33 bits per heavy atom. The van der Waals surface area contributed by atoms with E-state index in [1.54, 1.807) is 6.20 Å². The number of aromatic amines is 1. The minimum Gasteiger partial charge on any atom is -0.386 e. The van der Waals surface area contributed by atoms with Crippen molar-refractivity contribution in [2.75, 3.05) is 6.61 Å². The molecule has 1 aliphatic heterocycles. The monoisotopic (exact) mass is 281 g/mol. The molecule has 3 heterocycles. The molecule has 1 aromatic carbocycles. The van der Waals surface area contributed by atoms with Crippen molar-refractivity contribution in [2.24, 2.45) is 0 Å². The summed E-state index contributed by atoms with van der Waals surface area (Å²) in [5.74, 6) is 0. The zero-order chi connectivity index (χ0) is 14.4. The molecule has 4 rings (SSSR count). The molecule has 0 amide bonds. The highest BCUT2D eigenvalue weighted by atomic mass is 16.5. The number of pyridine rings is 1. The average Bonchev–Trinajstić information content (AvgIpc) is 2.88. The van der Waals surface area contributed by atoms with Gasteiger partial charge in [-0.1, -0.05) is 6.07 Å². The number of hydrogen-bond acceptors (Lipinski definition) is 4. The first-order valence-electron chi connectivity index (χ1n) is 6.92. The first-order chi connectivity index (χ1) is 10.2. The molecule has 21 heavy (non-hydrogen) atoms. The van der Waals surface area contributed by atoms with Crippen molar-refractivity contribution in [3.63, 3.8) is 0 Å². The van der Waals surface area contributed by atoms with E-state index < -0.39 is 6.10 Å². The smallest absolute Gasteiger partial charge is 0.104 e. The van der Waals surface area contributed by atoms with Gasteiger partial charge >= 0.3 is 0 Å². The van der Waals surface area contributed by atoms with E-state index in [1.807, 2.05) is 25.3 Å². The van der Waals surface area contributed by atoms with Gasteiger partial charge in [-0.05, 0) is 30.2 Å². The number of rotatable bonds is 1. The van der Waals surface area contributed by atoms with E-state index in [1.165, 1.54) is 0 Å². The maximum Gasteiger partial charge on any atom is 0.104 e. The van der Waals surface area contributed by atoms with Gasteiger partial charge in [0.1, 0.15) is 6.10 Å². The molecule has 2 aromatic heterocycles. The van der Waals surface area contributed by atoms with Gasteiger partial charge < -0.3 is 9.84 Å². The van der Waals surface area contributed by atoms with Gasteiger partial charge in [0.25, 0.3) is 0 Å². The summed E-state index contributed by atoms with van der Waals surface area (Å²) < 4.78 is 5.47. The Kier molecular flexibility index (Phi) is 2.77. The van der Waals surface area contributed by atoms with Crippen LogP contribution in [0.2, 0.25) is 0 Å². The molecule has 0 saturated heterocycles. The number of ether oxygens (including phenoxy) is 1. The number of nitrogens with zero attached hydrogens (tertiary/aromatic N) is 2. The van der Waals surface area contributed by atoms with E-state index in [9.17, 15) is 5.11 Å². The van der Waals surface area contributed by atoms with E-state index in [0.717, 1.165) is 38.9 Å². The Morgan fingerprint density at radius 2 is 2.24 bits per heavy atom. The zero-order valence-corrected chi connectivity index (χ0v) is 11.6. The summed E-state index contributed by atoms with van der Waals surface area (Å²) in [6, 6.07) is 6.16. The number of nitrogens with one attached hydrogen (secondary N) is 1. The van der Waals surface area contributed by atoms with Crippen molar-refractivity contribution in [3.05, 3.63) is 47.4 Å². The molecular weight excluding hydrogens is 266 g/mol. The lowest BCUT2D eigenvalue weighted by Gasteiger charge is -2.23. The number of benzene rings is 1. The van der Waals surface area contributed by atoms with Crippen LogP contribution in [0.4, 0.5) is 0 Å². The zero-order valence-electron chi connectivity index (χ0n) is 11.6. The van der Waals surface area contributed by atoms with Crippen LogP contribution in [0.25, 0.3) is 22.0 Å². The third-order valence-corrected chi connectivity index (χ3v) is 4.04. The molecule has 1 atom stereocenters. The molecule has 0 spiro atoms. The molecule has 5 heteroatoms. The van der Waals surface area contributed by atoms with Crippen molar-refractivity contribution in [1.29, 1.82) is 0 Å². The molecule has 0 saturated carbocycles.